The predicted molar refractivity (Wildman–Crippen MR) is 66.2 cm³/mol. The Kier molecular flexibility index (Phi) is 7.49. The minimum Gasteiger partial charge on any atom is -0.449 e. The molecule has 0 spiro atoms. The van der Waals surface area contributed by atoms with Gasteiger partial charge in [-0.3, -0.25) is 0 Å². The molecule has 1 amide bonds. The first-order chi connectivity index (χ1) is 7.82. The topological polar surface area (TPSA) is 84.5 Å². The molecule has 0 saturated carbocycles. The first kappa shape index (κ1) is 16.5. The number of nitrogens with one attached hydrogen (secondary N) is 2. The third-order valence-corrected chi connectivity index (χ3v) is 3.29. The van der Waals surface area contributed by atoms with E-state index in [1.807, 2.05) is 13.8 Å². The van der Waals surface area contributed by atoms with Crippen LogP contribution in [-0.4, -0.2) is 33.0 Å². The number of carbonyl (C=O) groups is 1. The normalized spacial score (nSPS) is 13.5. The van der Waals surface area contributed by atoms with Gasteiger partial charge in [0.2, 0.25) is 0 Å². The minimum absolute atomic E-state index is 0.0764. The van der Waals surface area contributed by atoms with Gasteiger partial charge in [-0.05, 0) is 19.3 Å². The second-order valence-corrected chi connectivity index (χ2v) is 5.60. The summed E-state index contributed by atoms with van der Waals surface area (Å²) in [5, 5.41) is 0. The third-order valence-electron chi connectivity index (χ3n) is 2.02. The maximum absolute atomic E-state index is 11.5. The van der Waals surface area contributed by atoms with E-state index in [0.717, 1.165) is 0 Å². The number of alkyl halides is 1. The van der Waals surface area contributed by atoms with Crippen LogP contribution in [0.2, 0.25) is 0 Å². The summed E-state index contributed by atoms with van der Waals surface area (Å²) < 4.78 is 31.7. The molecule has 102 valence electrons. The summed E-state index contributed by atoms with van der Waals surface area (Å²) in [5.74, 6) is 0.414. The average molecular weight is 287 g/mol. The van der Waals surface area contributed by atoms with Crippen LogP contribution < -0.4 is 9.44 Å². The van der Waals surface area contributed by atoms with Crippen molar-refractivity contribution in [3.63, 3.8) is 0 Å². The number of ether oxygens (including phenoxy) is 1. The quantitative estimate of drug-likeness (QED) is 0.689. The van der Waals surface area contributed by atoms with Crippen molar-refractivity contribution in [2.45, 2.75) is 33.2 Å². The summed E-state index contributed by atoms with van der Waals surface area (Å²) in [7, 11) is -3.90. The van der Waals surface area contributed by atoms with Gasteiger partial charge in [-0.25, -0.2) is 9.52 Å². The molecule has 8 heteroatoms. The van der Waals surface area contributed by atoms with E-state index < -0.39 is 16.3 Å². The zero-order chi connectivity index (χ0) is 13.5. The van der Waals surface area contributed by atoms with Crippen LogP contribution in [0.4, 0.5) is 4.79 Å². The molecule has 0 aliphatic carbocycles. The fraction of sp³-hybridized carbons (Fsp3) is 0.889. The van der Waals surface area contributed by atoms with Crippen LogP contribution in [0, 0.1) is 5.92 Å². The van der Waals surface area contributed by atoms with Crippen molar-refractivity contribution < 1.29 is 17.9 Å². The molecule has 0 aromatic rings. The second kappa shape index (κ2) is 7.73. The van der Waals surface area contributed by atoms with Gasteiger partial charge in [-0.15, -0.1) is 11.6 Å². The fourth-order valence-corrected chi connectivity index (χ4v) is 2.51. The highest BCUT2D eigenvalue weighted by atomic mass is 35.5. The summed E-state index contributed by atoms with van der Waals surface area (Å²) in [4.78, 5) is 11.0. The third kappa shape index (κ3) is 7.40. The molecule has 0 fully saturated rings. The highest BCUT2D eigenvalue weighted by Gasteiger charge is 2.22. The monoisotopic (exact) mass is 286 g/mol. The average Bonchev–Trinajstić information content (AvgIpc) is 2.15. The maximum Gasteiger partial charge on any atom is 0.421 e. The summed E-state index contributed by atoms with van der Waals surface area (Å²) in [5.41, 5.74) is 0. The molecule has 0 radical (unpaired) electrons. The van der Waals surface area contributed by atoms with E-state index >= 15 is 0 Å². The molecule has 2 N–H and O–H groups in total. The largest absolute Gasteiger partial charge is 0.449 e. The van der Waals surface area contributed by atoms with Crippen LogP contribution in [0.5, 0.6) is 0 Å². The van der Waals surface area contributed by atoms with Crippen molar-refractivity contribution in [3.05, 3.63) is 0 Å². The molecular formula is C9H19ClN2O4S. The van der Waals surface area contributed by atoms with Gasteiger partial charge in [0, 0.05) is 11.9 Å². The molecule has 0 aliphatic rings. The second-order valence-electron chi connectivity index (χ2n) is 3.77. The van der Waals surface area contributed by atoms with Crippen LogP contribution in [0.1, 0.15) is 27.2 Å². The summed E-state index contributed by atoms with van der Waals surface area (Å²) >= 11 is 5.58. The van der Waals surface area contributed by atoms with Crippen LogP contribution in [0.3, 0.4) is 0 Å². The van der Waals surface area contributed by atoms with Gasteiger partial charge in [0.1, 0.15) is 0 Å². The first-order valence-electron chi connectivity index (χ1n) is 5.35. The standard InChI is InChI=1S/C9H19ClN2O4S/c1-4-16-9(13)12-17(14,15)11-8(5-6-10)7(2)3/h7-8,11H,4-6H2,1-3H3,(H,12,13). The summed E-state index contributed by atoms with van der Waals surface area (Å²) in [6.45, 7) is 5.43. The molecule has 0 aromatic carbocycles. The van der Waals surface area contributed by atoms with Gasteiger partial charge >= 0.3 is 16.3 Å². The summed E-state index contributed by atoms with van der Waals surface area (Å²) in [6.07, 6.45) is -0.503. The van der Waals surface area contributed by atoms with Gasteiger partial charge in [-0.2, -0.15) is 13.1 Å². The molecule has 0 aromatic heterocycles. The van der Waals surface area contributed by atoms with Crippen LogP contribution in [0.25, 0.3) is 0 Å². The Morgan fingerprint density at radius 3 is 2.41 bits per heavy atom. The Bertz CT molecular complexity index is 332. The van der Waals surface area contributed by atoms with Gasteiger partial charge in [0.05, 0.1) is 6.61 Å². The maximum atomic E-state index is 11.5. The molecule has 1 atom stereocenters. The van der Waals surface area contributed by atoms with Crippen molar-refractivity contribution in [1.82, 2.24) is 9.44 Å². The smallest absolute Gasteiger partial charge is 0.421 e. The molecule has 6 nitrogen and oxygen atoms in total. The molecule has 0 rings (SSSR count). The van der Waals surface area contributed by atoms with Gasteiger partial charge in [-0.1, -0.05) is 13.8 Å². The molecule has 0 heterocycles. The molecule has 0 bridgehead atoms. The minimum atomic E-state index is -3.90. The van der Waals surface area contributed by atoms with E-state index in [1.165, 1.54) is 0 Å². The number of rotatable bonds is 7. The Labute approximate surface area is 107 Å². The highest BCUT2D eigenvalue weighted by molar-refractivity contribution is 7.88. The predicted octanol–water partition coefficient (Wildman–Crippen LogP) is 1.22. The lowest BCUT2D eigenvalue weighted by atomic mass is 10.0. The van der Waals surface area contributed by atoms with Crippen LogP contribution in [-0.2, 0) is 14.9 Å². The zero-order valence-electron chi connectivity index (χ0n) is 10.2. The van der Waals surface area contributed by atoms with Crippen molar-refractivity contribution in [2.75, 3.05) is 12.5 Å². The SMILES string of the molecule is CCOC(=O)NS(=O)(=O)NC(CCCl)C(C)C. The lowest BCUT2D eigenvalue weighted by Gasteiger charge is -2.21. The van der Waals surface area contributed by atoms with Crippen LogP contribution >= 0.6 is 11.6 Å². The molecular weight excluding hydrogens is 268 g/mol. The van der Waals surface area contributed by atoms with E-state index in [9.17, 15) is 13.2 Å². The Morgan fingerprint density at radius 1 is 1.41 bits per heavy atom. The van der Waals surface area contributed by atoms with E-state index in [2.05, 4.69) is 9.46 Å². The zero-order valence-corrected chi connectivity index (χ0v) is 11.8. The van der Waals surface area contributed by atoms with Crippen molar-refractivity contribution in [1.29, 1.82) is 0 Å². The van der Waals surface area contributed by atoms with Gasteiger partial charge in [0.15, 0.2) is 0 Å². The number of halogens is 1. The Balaban J connectivity index is 4.45. The molecule has 0 saturated heterocycles. The van der Waals surface area contributed by atoms with Gasteiger partial charge in [0.25, 0.3) is 0 Å². The van der Waals surface area contributed by atoms with Crippen molar-refractivity contribution >= 4 is 27.9 Å². The van der Waals surface area contributed by atoms with Crippen molar-refractivity contribution in [2.24, 2.45) is 5.92 Å². The Hall–Kier alpha value is -0.530. The molecule has 17 heavy (non-hydrogen) atoms. The number of hydrogen-bond donors (Lipinski definition) is 2. The summed E-state index contributed by atoms with van der Waals surface area (Å²) in [6, 6.07) is -0.320. The molecule has 0 aliphatic heterocycles. The lowest BCUT2D eigenvalue weighted by molar-refractivity contribution is 0.158. The lowest BCUT2D eigenvalue weighted by Crippen LogP contribution is -2.47. The molecule has 1 unspecified atom stereocenters. The van der Waals surface area contributed by atoms with Crippen molar-refractivity contribution in [3.8, 4) is 0 Å². The number of amides is 1. The number of hydrogen-bond acceptors (Lipinski definition) is 4. The highest BCUT2D eigenvalue weighted by Crippen LogP contribution is 2.08. The van der Waals surface area contributed by atoms with E-state index in [1.54, 1.807) is 11.6 Å². The Morgan fingerprint density at radius 2 is 2.00 bits per heavy atom. The first-order valence-corrected chi connectivity index (χ1v) is 7.37. The number of carbonyl (C=O) groups excluding carboxylic acids is 1. The fourth-order valence-electron chi connectivity index (χ4n) is 1.14. The van der Waals surface area contributed by atoms with E-state index in [-0.39, 0.29) is 18.6 Å². The van der Waals surface area contributed by atoms with Gasteiger partial charge < -0.3 is 4.74 Å². The van der Waals surface area contributed by atoms with Crippen LogP contribution in [0.15, 0.2) is 0 Å². The van der Waals surface area contributed by atoms with E-state index in [4.69, 9.17) is 11.6 Å². The van der Waals surface area contributed by atoms with E-state index in [0.29, 0.717) is 12.3 Å².